The molecular formula is C59H104O6. The molecule has 6 nitrogen and oxygen atoms in total. The van der Waals surface area contributed by atoms with Gasteiger partial charge in [-0.2, -0.15) is 0 Å². The first-order chi connectivity index (χ1) is 32.0. The number of ether oxygens (including phenoxy) is 3. The van der Waals surface area contributed by atoms with E-state index in [1.165, 1.54) is 148 Å². The van der Waals surface area contributed by atoms with Gasteiger partial charge in [0.25, 0.3) is 0 Å². The lowest BCUT2D eigenvalue weighted by Crippen LogP contribution is -2.30. The van der Waals surface area contributed by atoms with Crippen LogP contribution >= 0.6 is 0 Å². The van der Waals surface area contributed by atoms with Crippen LogP contribution in [0.5, 0.6) is 0 Å². The molecule has 0 saturated carbocycles. The predicted octanol–water partition coefficient (Wildman–Crippen LogP) is 18.4. The quantitative estimate of drug-likeness (QED) is 0.0262. The molecule has 0 aromatic carbocycles. The zero-order chi connectivity index (χ0) is 47.2. The summed E-state index contributed by atoms with van der Waals surface area (Å²) in [5.74, 6) is -0.915. The monoisotopic (exact) mass is 909 g/mol. The number of allylic oxidation sites excluding steroid dienone is 10. The fraction of sp³-hybridized carbons (Fsp3) is 0.780. The van der Waals surface area contributed by atoms with Crippen molar-refractivity contribution >= 4 is 17.9 Å². The second-order valence-electron chi connectivity index (χ2n) is 18.5. The highest BCUT2D eigenvalue weighted by Crippen LogP contribution is 2.14. The van der Waals surface area contributed by atoms with Crippen LogP contribution in [0.15, 0.2) is 60.8 Å². The van der Waals surface area contributed by atoms with E-state index in [0.717, 1.165) is 89.9 Å². The van der Waals surface area contributed by atoms with E-state index >= 15 is 0 Å². The maximum absolute atomic E-state index is 12.8. The molecule has 0 aromatic rings. The Balaban J connectivity index is 4.42. The minimum atomic E-state index is -0.790. The van der Waals surface area contributed by atoms with Crippen LogP contribution in [0.1, 0.15) is 278 Å². The van der Waals surface area contributed by atoms with Gasteiger partial charge in [0.2, 0.25) is 0 Å². The summed E-state index contributed by atoms with van der Waals surface area (Å²) in [7, 11) is 0. The molecule has 0 fully saturated rings. The Morgan fingerprint density at radius 2 is 0.554 bits per heavy atom. The standard InChI is InChI=1S/C59H104O6/c1-4-7-10-13-16-19-22-25-27-29-31-34-37-40-43-46-49-52-58(61)64-55-56(54-63-57(60)51-48-45-42-39-36-33-24-21-18-15-12-9-6-3)65-59(62)53-50-47-44-41-38-35-32-30-28-26-23-20-17-14-11-8-5-2/h17,20-21,24-28,32,35,56H,4-16,18-19,22-23,29-31,33-34,36-55H2,1-3H3/b20-17-,24-21-,27-25-,28-26-,35-32-/t56-/m0/s1. The lowest BCUT2D eigenvalue weighted by atomic mass is 10.1. The number of hydrogen-bond donors (Lipinski definition) is 0. The van der Waals surface area contributed by atoms with E-state index in [9.17, 15) is 14.4 Å². The SMILES string of the molecule is CCCCC/C=C\C/C=C\C/C=C\CCCCCCC(=O)O[C@@H](COC(=O)CCCCCCC/C=C\CCCCCC)COC(=O)CCCCCCCCC/C=C\CCCCCCCC. The normalized spacial score (nSPS) is 12.5. The Morgan fingerprint density at radius 3 is 0.923 bits per heavy atom. The summed E-state index contributed by atoms with van der Waals surface area (Å²) in [5.41, 5.74) is 0. The van der Waals surface area contributed by atoms with Crippen LogP contribution in [-0.2, 0) is 28.6 Å². The highest BCUT2D eigenvalue weighted by molar-refractivity contribution is 5.71. The second kappa shape index (κ2) is 53.7. The van der Waals surface area contributed by atoms with Crippen molar-refractivity contribution in [2.75, 3.05) is 13.2 Å². The minimum Gasteiger partial charge on any atom is -0.462 e. The molecule has 0 aromatic heterocycles. The summed E-state index contributed by atoms with van der Waals surface area (Å²) in [4.78, 5) is 38.1. The van der Waals surface area contributed by atoms with Crippen LogP contribution < -0.4 is 0 Å². The fourth-order valence-electron chi connectivity index (χ4n) is 7.73. The van der Waals surface area contributed by atoms with Crippen LogP contribution in [0.25, 0.3) is 0 Å². The summed E-state index contributed by atoms with van der Waals surface area (Å²) in [6.07, 6.45) is 66.3. The number of unbranched alkanes of at least 4 members (excludes halogenated alkanes) is 29. The van der Waals surface area contributed by atoms with E-state index in [1.54, 1.807) is 0 Å². The molecule has 6 heteroatoms. The average molecular weight is 909 g/mol. The van der Waals surface area contributed by atoms with Crippen molar-refractivity contribution in [1.29, 1.82) is 0 Å². The van der Waals surface area contributed by atoms with Crippen LogP contribution in [0.3, 0.4) is 0 Å². The number of carbonyl (C=O) groups excluding carboxylic acids is 3. The van der Waals surface area contributed by atoms with Gasteiger partial charge < -0.3 is 14.2 Å². The van der Waals surface area contributed by atoms with Crippen molar-refractivity contribution in [3.05, 3.63) is 60.8 Å². The third kappa shape index (κ3) is 51.9. The molecule has 65 heavy (non-hydrogen) atoms. The summed E-state index contributed by atoms with van der Waals surface area (Å²) < 4.78 is 16.8. The van der Waals surface area contributed by atoms with Gasteiger partial charge in [-0.1, -0.05) is 210 Å². The van der Waals surface area contributed by atoms with E-state index < -0.39 is 6.10 Å². The van der Waals surface area contributed by atoms with Gasteiger partial charge in [-0.05, 0) is 109 Å². The highest BCUT2D eigenvalue weighted by atomic mass is 16.6. The Kier molecular flexibility index (Phi) is 51.3. The molecule has 0 N–H and O–H groups in total. The van der Waals surface area contributed by atoms with Gasteiger partial charge in [-0.25, -0.2) is 0 Å². The van der Waals surface area contributed by atoms with Crippen molar-refractivity contribution in [3.8, 4) is 0 Å². The van der Waals surface area contributed by atoms with Gasteiger partial charge in [0.05, 0.1) is 0 Å². The van der Waals surface area contributed by atoms with E-state index in [-0.39, 0.29) is 31.1 Å². The van der Waals surface area contributed by atoms with Crippen molar-refractivity contribution in [2.24, 2.45) is 0 Å². The third-order valence-corrected chi connectivity index (χ3v) is 12.0. The summed E-state index contributed by atoms with van der Waals surface area (Å²) in [6.45, 7) is 6.58. The molecule has 0 amide bonds. The highest BCUT2D eigenvalue weighted by Gasteiger charge is 2.19. The first kappa shape index (κ1) is 62.1. The van der Waals surface area contributed by atoms with Crippen LogP contribution in [0, 0.1) is 0 Å². The van der Waals surface area contributed by atoms with E-state index in [1.807, 2.05) is 0 Å². The summed E-state index contributed by atoms with van der Waals surface area (Å²) >= 11 is 0. The minimum absolute atomic E-state index is 0.0876. The predicted molar refractivity (Wildman–Crippen MR) is 279 cm³/mol. The molecule has 0 aliphatic rings. The molecule has 0 saturated heterocycles. The maximum atomic E-state index is 12.8. The van der Waals surface area contributed by atoms with Gasteiger partial charge in [-0.3, -0.25) is 14.4 Å². The summed E-state index contributed by atoms with van der Waals surface area (Å²) in [5, 5.41) is 0. The second-order valence-corrected chi connectivity index (χ2v) is 18.5. The van der Waals surface area contributed by atoms with Crippen molar-refractivity contribution in [1.82, 2.24) is 0 Å². The van der Waals surface area contributed by atoms with E-state index in [2.05, 4.69) is 81.5 Å². The smallest absolute Gasteiger partial charge is 0.306 e. The molecule has 1 atom stereocenters. The van der Waals surface area contributed by atoms with Gasteiger partial charge in [0, 0.05) is 19.3 Å². The van der Waals surface area contributed by atoms with Crippen LogP contribution in [0.4, 0.5) is 0 Å². The molecule has 0 spiro atoms. The molecule has 376 valence electrons. The van der Waals surface area contributed by atoms with E-state index in [4.69, 9.17) is 14.2 Å². The Labute approximate surface area is 402 Å². The van der Waals surface area contributed by atoms with Crippen molar-refractivity contribution in [3.63, 3.8) is 0 Å². The third-order valence-electron chi connectivity index (χ3n) is 12.0. The molecule has 0 aliphatic heterocycles. The zero-order valence-electron chi connectivity index (χ0n) is 43.0. The largest absolute Gasteiger partial charge is 0.462 e. The van der Waals surface area contributed by atoms with Gasteiger partial charge in [-0.15, -0.1) is 0 Å². The van der Waals surface area contributed by atoms with Gasteiger partial charge in [0.15, 0.2) is 6.10 Å². The maximum Gasteiger partial charge on any atom is 0.306 e. The first-order valence-corrected chi connectivity index (χ1v) is 27.8. The lowest BCUT2D eigenvalue weighted by molar-refractivity contribution is -0.167. The number of esters is 3. The lowest BCUT2D eigenvalue weighted by Gasteiger charge is -2.18. The molecule has 0 radical (unpaired) electrons. The molecule has 0 heterocycles. The first-order valence-electron chi connectivity index (χ1n) is 27.8. The van der Waals surface area contributed by atoms with Gasteiger partial charge in [0.1, 0.15) is 13.2 Å². The zero-order valence-corrected chi connectivity index (χ0v) is 43.0. The Hall–Kier alpha value is -2.89. The van der Waals surface area contributed by atoms with E-state index in [0.29, 0.717) is 19.3 Å². The molecule has 0 aliphatic carbocycles. The Morgan fingerprint density at radius 1 is 0.308 bits per heavy atom. The van der Waals surface area contributed by atoms with Crippen LogP contribution in [0.2, 0.25) is 0 Å². The van der Waals surface area contributed by atoms with Crippen molar-refractivity contribution < 1.29 is 28.6 Å². The molecule has 0 unspecified atom stereocenters. The fourth-order valence-corrected chi connectivity index (χ4v) is 7.73. The Bertz CT molecular complexity index is 1180. The molecular weight excluding hydrogens is 805 g/mol. The van der Waals surface area contributed by atoms with Gasteiger partial charge >= 0.3 is 17.9 Å². The average Bonchev–Trinajstić information content (AvgIpc) is 3.30. The molecule has 0 rings (SSSR count). The topological polar surface area (TPSA) is 78.9 Å². The molecule has 0 bridgehead atoms. The number of hydrogen-bond acceptors (Lipinski definition) is 6. The van der Waals surface area contributed by atoms with Crippen molar-refractivity contribution in [2.45, 2.75) is 284 Å². The number of carbonyl (C=O) groups is 3. The van der Waals surface area contributed by atoms with Crippen LogP contribution in [-0.4, -0.2) is 37.2 Å². The number of rotatable bonds is 50. The summed E-state index contributed by atoms with van der Waals surface area (Å²) in [6, 6.07) is 0.